The van der Waals surface area contributed by atoms with Crippen molar-refractivity contribution < 1.29 is 9.66 Å². The van der Waals surface area contributed by atoms with E-state index in [4.69, 9.17) is 10.5 Å². The van der Waals surface area contributed by atoms with Gasteiger partial charge in [-0.2, -0.15) is 0 Å². The van der Waals surface area contributed by atoms with E-state index in [0.29, 0.717) is 6.61 Å². The lowest BCUT2D eigenvalue weighted by molar-refractivity contribution is -0.386. The van der Waals surface area contributed by atoms with E-state index >= 15 is 0 Å². The number of nitrogens with two attached hydrogens (primary N) is 1. The molecule has 1 aliphatic carbocycles. The fraction of sp³-hybridized carbons (Fsp3) is 0.545. The summed E-state index contributed by atoms with van der Waals surface area (Å²) in [6.07, 6.45) is 6.67. The standard InChI is InChI=1S/C11H15N3O3/c12-11(4-1-2-5-11)8-17-10-3-6-13-7-9(10)14(15)16/h3,6-7H,1-2,4-5,8,12H2. The second-order valence-corrected chi connectivity index (χ2v) is 4.46. The molecule has 1 fully saturated rings. The minimum Gasteiger partial charge on any atom is -0.485 e. The summed E-state index contributed by atoms with van der Waals surface area (Å²) in [6, 6.07) is 1.50. The van der Waals surface area contributed by atoms with Gasteiger partial charge in [-0.3, -0.25) is 15.1 Å². The van der Waals surface area contributed by atoms with Gasteiger partial charge in [-0.05, 0) is 12.8 Å². The maximum absolute atomic E-state index is 10.8. The van der Waals surface area contributed by atoms with E-state index in [1.54, 1.807) is 0 Å². The second kappa shape index (κ2) is 4.67. The molecule has 1 aromatic rings. The van der Waals surface area contributed by atoms with E-state index in [1.807, 2.05) is 0 Å². The third-order valence-corrected chi connectivity index (χ3v) is 3.07. The van der Waals surface area contributed by atoms with Crippen molar-refractivity contribution in [1.82, 2.24) is 4.98 Å². The Morgan fingerprint density at radius 2 is 2.24 bits per heavy atom. The van der Waals surface area contributed by atoms with E-state index < -0.39 is 4.92 Å². The molecule has 0 bridgehead atoms. The zero-order chi connectivity index (χ0) is 12.3. The third-order valence-electron chi connectivity index (χ3n) is 3.07. The summed E-state index contributed by atoms with van der Waals surface area (Å²) < 4.78 is 5.48. The lowest BCUT2D eigenvalue weighted by Crippen LogP contribution is -2.42. The first kappa shape index (κ1) is 11.8. The molecule has 0 saturated heterocycles. The van der Waals surface area contributed by atoms with Crippen LogP contribution < -0.4 is 10.5 Å². The molecule has 92 valence electrons. The van der Waals surface area contributed by atoms with Crippen LogP contribution >= 0.6 is 0 Å². The van der Waals surface area contributed by atoms with Gasteiger partial charge in [0, 0.05) is 12.3 Å². The molecule has 0 radical (unpaired) electrons. The smallest absolute Gasteiger partial charge is 0.329 e. The molecule has 1 heterocycles. The van der Waals surface area contributed by atoms with Crippen molar-refractivity contribution in [2.75, 3.05) is 6.61 Å². The van der Waals surface area contributed by atoms with Crippen LogP contribution in [0.2, 0.25) is 0 Å². The summed E-state index contributed by atoms with van der Waals surface area (Å²) in [5.41, 5.74) is 5.67. The molecule has 0 aromatic carbocycles. The minimum absolute atomic E-state index is 0.117. The number of nitro groups is 1. The fourth-order valence-electron chi connectivity index (χ4n) is 2.08. The summed E-state index contributed by atoms with van der Waals surface area (Å²) in [4.78, 5) is 14.0. The Labute approximate surface area is 98.9 Å². The van der Waals surface area contributed by atoms with E-state index in [0.717, 1.165) is 25.7 Å². The van der Waals surface area contributed by atoms with Gasteiger partial charge in [0.25, 0.3) is 0 Å². The van der Waals surface area contributed by atoms with Crippen LogP contribution in [0.3, 0.4) is 0 Å². The molecule has 1 aliphatic rings. The van der Waals surface area contributed by atoms with Crippen LogP contribution in [-0.4, -0.2) is 22.1 Å². The lowest BCUT2D eigenvalue weighted by atomic mass is 10.0. The summed E-state index contributed by atoms with van der Waals surface area (Å²) in [5, 5.41) is 10.8. The maximum atomic E-state index is 10.8. The number of hydrogen-bond donors (Lipinski definition) is 1. The van der Waals surface area contributed by atoms with Gasteiger partial charge in [0.2, 0.25) is 0 Å². The molecule has 0 spiro atoms. The summed E-state index contributed by atoms with van der Waals surface area (Å²) in [6.45, 7) is 0.317. The Hall–Kier alpha value is -1.69. The van der Waals surface area contributed by atoms with Crippen LogP contribution in [0.25, 0.3) is 0 Å². The van der Waals surface area contributed by atoms with Gasteiger partial charge in [-0.25, -0.2) is 0 Å². The van der Waals surface area contributed by atoms with Crippen LogP contribution in [0.5, 0.6) is 5.75 Å². The Morgan fingerprint density at radius 3 is 2.88 bits per heavy atom. The van der Waals surface area contributed by atoms with Crippen molar-refractivity contribution in [3.8, 4) is 5.75 Å². The van der Waals surface area contributed by atoms with Crippen molar-refractivity contribution >= 4 is 5.69 Å². The molecular weight excluding hydrogens is 222 g/mol. The van der Waals surface area contributed by atoms with E-state index in [-0.39, 0.29) is 17.0 Å². The van der Waals surface area contributed by atoms with Crippen molar-refractivity contribution in [2.24, 2.45) is 5.73 Å². The highest BCUT2D eigenvalue weighted by atomic mass is 16.6. The Kier molecular flexibility index (Phi) is 3.23. The van der Waals surface area contributed by atoms with Gasteiger partial charge in [0.05, 0.1) is 10.5 Å². The molecule has 1 aromatic heterocycles. The summed E-state index contributed by atoms with van der Waals surface area (Å²) in [7, 11) is 0. The van der Waals surface area contributed by atoms with E-state index in [9.17, 15) is 10.1 Å². The SMILES string of the molecule is NC1(COc2ccncc2[N+](=O)[O-])CCCC1. The van der Waals surface area contributed by atoms with Crippen LogP contribution in [0, 0.1) is 10.1 Å². The first-order valence-corrected chi connectivity index (χ1v) is 5.61. The summed E-state index contributed by atoms with van der Waals surface area (Å²) in [5.74, 6) is 0.238. The highest BCUT2D eigenvalue weighted by Crippen LogP contribution is 2.30. The van der Waals surface area contributed by atoms with Crippen molar-refractivity contribution in [2.45, 2.75) is 31.2 Å². The van der Waals surface area contributed by atoms with Crippen LogP contribution in [0.15, 0.2) is 18.5 Å². The number of aromatic nitrogens is 1. The normalized spacial score (nSPS) is 17.9. The Morgan fingerprint density at radius 1 is 1.53 bits per heavy atom. The molecular formula is C11H15N3O3. The lowest BCUT2D eigenvalue weighted by Gasteiger charge is -2.23. The average molecular weight is 237 g/mol. The zero-order valence-corrected chi connectivity index (χ0v) is 9.46. The van der Waals surface area contributed by atoms with Crippen LogP contribution in [0.4, 0.5) is 5.69 Å². The van der Waals surface area contributed by atoms with Crippen LogP contribution in [0.1, 0.15) is 25.7 Å². The predicted molar refractivity (Wildman–Crippen MR) is 61.8 cm³/mol. The van der Waals surface area contributed by atoms with Crippen molar-refractivity contribution in [3.63, 3.8) is 0 Å². The quantitative estimate of drug-likeness (QED) is 0.634. The molecule has 2 N–H and O–H groups in total. The predicted octanol–water partition coefficient (Wildman–Crippen LogP) is 1.64. The third kappa shape index (κ3) is 2.71. The molecule has 6 heteroatoms. The first-order chi connectivity index (χ1) is 8.11. The highest BCUT2D eigenvalue weighted by molar-refractivity contribution is 5.43. The summed E-state index contributed by atoms with van der Waals surface area (Å²) >= 11 is 0. The maximum Gasteiger partial charge on any atom is 0.329 e. The number of hydrogen-bond acceptors (Lipinski definition) is 5. The number of pyridine rings is 1. The van der Waals surface area contributed by atoms with Gasteiger partial charge in [0.1, 0.15) is 12.8 Å². The molecule has 0 aliphatic heterocycles. The van der Waals surface area contributed by atoms with Gasteiger partial charge in [-0.1, -0.05) is 12.8 Å². The molecule has 2 rings (SSSR count). The van der Waals surface area contributed by atoms with Crippen LogP contribution in [-0.2, 0) is 0 Å². The molecule has 0 atom stereocenters. The minimum atomic E-state index is -0.500. The monoisotopic (exact) mass is 237 g/mol. The fourth-order valence-corrected chi connectivity index (χ4v) is 2.08. The first-order valence-electron chi connectivity index (χ1n) is 5.61. The zero-order valence-electron chi connectivity index (χ0n) is 9.46. The second-order valence-electron chi connectivity index (χ2n) is 4.46. The molecule has 1 saturated carbocycles. The van der Waals surface area contributed by atoms with E-state index in [2.05, 4.69) is 4.98 Å². The van der Waals surface area contributed by atoms with Crippen molar-refractivity contribution in [3.05, 3.63) is 28.6 Å². The average Bonchev–Trinajstić information content (AvgIpc) is 2.74. The van der Waals surface area contributed by atoms with Gasteiger partial charge in [-0.15, -0.1) is 0 Å². The molecule has 0 unspecified atom stereocenters. The van der Waals surface area contributed by atoms with Crippen molar-refractivity contribution in [1.29, 1.82) is 0 Å². The van der Waals surface area contributed by atoms with E-state index in [1.165, 1.54) is 18.5 Å². The number of rotatable bonds is 4. The largest absolute Gasteiger partial charge is 0.485 e. The topological polar surface area (TPSA) is 91.3 Å². The number of ether oxygens (including phenoxy) is 1. The Balaban J connectivity index is 2.06. The molecule has 0 amide bonds. The number of nitrogens with zero attached hydrogens (tertiary/aromatic N) is 2. The van der Waals surface area contributed by atoms with Gasteiger partial charge in [0.15, 0.2) is 5.75 Å². The Bertz CT molecular complexity index is 416. The van der Waals surface area contributed by atoms with Gasteiger partial charge >= 0.3 is 5.69 Å². The van der Waals surface area contributed by atoms with Gasteiger partial charge < -0.3 is 10.5 Å². The molecule has 17 heavy (non-hydrogen) atoms. The molecule has 6 nitrogen and oxygen atoms in total. The highest BCUT2D eigenvalue weighted by Gasteiger charge is 2.31.